The predicted molar refractivity (Wildman–Crippen MR) is 103 cm³/mol. The normalized spacial score (nSPS) is 27.2. The summed E-state index contributed by atoms with van der Waals surface area (Å²) in [4.78, 5) is 18.0. The summed E-state index contributed by atoms with van der Waals surface area (Å²) in [5, 5.41) is 7.69. The molecule has 8 heteroatoms. The lowest BCUT2D eigenvalue weighted by Crippen LogP contribution is -2.49. The van der Waals surface area contributed by atoms with Crippen LogP contribution in [0.3, 0.4) is 0 Å². The molecule has 1 amide bonds. The van der Waals surface area contributed by atoms with E-state index >= 15 is 0 Å². The van der Waals surface area contributed by atoms with E-state index in [1.165, 1.54) is 0 Å². The van der Waals surface area contributed by atoms with Gasteiger partial charge in [0.15, 0.2) is 0 Å². The zero-order valence-electron chi connectivity index (χ0n) is 15.6. The van der Waals surface area contributed by atoms with Crippen LogP contribution >= 0.6 is 11.6 Å². The van der Waals surface area contributed by atoms with Crippen molar-refractivity contribution in [1.29, 1.82) is 0 Å². The van der Waals surface area contributed by atoms with Gasteiger partial charge in [0, 0.05) is 54.6 Å². The highest BCUT2D eigenvalue weighted by atomic mass is 35.5. The Morgan fingerprint density at radius 1 is 1.39 bits per heavy atom. The zero-order valence-corrected chi connectivity index (χ0v) is 16.3. The van der Waals surface area contributed by atoms with Crippen LogP contribution < -0.4 is 4.74 Å². The van der Waals surface area contributed by atoms with Crippen LogP contribution in [0.25, 0.3) is 0 Å². The Morgan fingerprint density at radius 3 is 3.18 bits per heavy atom. The first-order valence-corrected chi connectivity index (χ1v) is 10.0. The molecular weight excluding hydrogens is 380 g/mol. The number of aromatic nitrogens is 2. The average molecular weight is 403 g/mol. The van der Waals surface area contributed by atoms with Gasteiger partial charge in [-0.15, -0.1) is 0 Å². The number of aromatic amines is 1. The van der Waals surface area contributed by atoms with Crippen LogP contribution in [0, 0.1) is 11.3 Å². The van der Waals surface area contributed by atoms with E-state index < -0.39 is 5.41 Å². The highest BCUT2D eigenvalue weighted by Crippen LogP contribution is 2.44. The molecule has 1 aromatic carbocycles. The molecule has 2 atom stereocenters. The number of fused-ring (bicyclic) bond motifs is 2. The number of carbonyl (C=O) groups is 1. The SMILES string of the molecule is O=C(N1CCOc2ccc(Cl)cc2C1)[C@]12COC[C@H]1CN(Cc1ccn[nH]1)C2. The van der Waals surface area contributed by atoms with E-state index in [1.807, 2.05) is 29.2 Å². The number of H-pyrrole nitrogens is 1. The van der Waals surface area contributed by atoms with Gasteiger partial charge in [-0.2, -0.15) is 5.10 Å². The van der Waals surface area contributed by atoms with Crippen LogP contribution in [0.2, 0.25) is 5.02 Å². The molecule has 1 aromatic heterocycles. The molecule has 4 heterocycles. The maximum Gasteiger partial charge on any atom is 0.233 e. The summed E-state index contributed by atoms with van der Waals surface area (Å²) < 4.78 is 11.6. The number of likely N-dealkylation sites (tertiary alicyclic amines) is 1. The molecule has 2 saturated heterocycles. The molecule has 3 aliphatic heterocycles. The summed E-state index contributed by atoms with van der Waals surface area (Å²) in [6.45, 7) is 5.03. The third-order valence-electron chi connectivity index (χ3n) is 6.11. The second-order valence-corrected chi connectivity index (χ2v) is 8.38. The van der Waals surface area contributed by atoms with Crippen LogP contribution in [0.1, 0.15) is 11.3 Å². The molecule has 0 unspecified atom stereocenters. The topological polar surface area (TPSA) is 70.7 Å². The number of nitrogens with zero attached hydrogens (tertiary/aromatic N) is 3. The van der Waals surface area contributed by atoms with Gasteiger partial charge in [-0.3, -0.25) is 14.8 Å². The number of ether oxygens (including phenoxy) is 2. The first kappa shape index (κ1) is 18.0. The smallest absolute Gasteiger partial charge is 0.233 e. The molecule has 0 aliphatic carbocycles. The van der Waals surface area contributed by atoms with Gasteiger partial charge in [0.1, 0.15) is 12.4 Å². The predicted octanol–water partition coefficient (Wildman–Crippen LogP) is 1.93. The molecule has 2 aromatic rings. The lowest BCUT2D eigenvalue weighted by molar-refractivity contribution is -0.143. The van der Waals surface area contributed by atoms with Crippen molar-refractivity contribution >= 4 is 17.5 Å². The van der Waals surface area contributed by atoms with E-state index in [4.69, 9.17) is 21.1 Å². The van der Waals surface area contributed by atoms with Gasteiger partial charge < -0.3 is 14.4 Å². The second-order valence-electron chi connectivity index (χ2n) is 7.95. The van der Waals surface area contributed by atoms with E-state index in [-0.39, 0.29) is 11.8 Å². The van der Waals surface area contributed by atoms with Gasteiger partial charge in [-0.1, -0.05) is 11.6 Å². The average Bonchev–Trinajstić information content (AvgIpc) is 3.35. The summed E-state index contributed by atoms with van der Waals surface area (Å²) in [5.74, 6) is 1.19. The molecular formula is C20H23ClN4O3. The Balaban J connectivity index is 1.37. The maximum absolute atomic E-state index is 13.7. The van der Waals surface area contributed by atoms with Crippen molar-refractivity contribution in [3.05, 3.63) is 46.7 Å². The molecule has 0 spiro atoms. The quantitative estimate of drug-likeness (QED) is 0.849. The largest absolute Gasteiger partial charge is 0.491 e. The first-order chi connectivity index (χ1) is 13.6. The van der Waals surface area contributed by atoms with Crippen molar-refractivity contribution in [2.75, 3.05) is 39.5 Å². The minimum atomic E-state index is -0.483. The summed E-state index contributed by atoms with van der Waals surface area (Å²) in [7, 11) is 0. The summed E-state index contributed by atoms with van der Waals surface area (Å²) in [5.41, 5.74) is 1.54. The standard InChI is InChI=1S/C20H23ClN4O3/c21-16-1-2-18-14(7-16)8-25(5-6-28-18)19(26)20-12-24(9-15(20)11-27-13-20)10-17-3-4-22-23-17/h1-4,7,15H,5-6,8-13H2,(H,22,23)/t15-,20-/m1/s1. The number of hydrogen-bond donors (Lipinski definition) is 1. The van der Waals surface area contributed by atoms with E-state index in [2.05, 4.69) is 15.1 Å². The minimum Gasteiger partial charge on any atom is -0.491 e. The maximum atomic E-state index is 13.7. The van der Waals surface area contributed by atoms with E-state index in [0.717, 1.165) is 30.1 Å². The molecule has 0 saturated carbocycles. The van der Waals surface area contributed by atoms with Gasteiger partial charge in [0.05, 0.1) is 25.2 Å². The summed E-state index contributed by atoms with van der Waals surface area (Å²) in [6, 6.07) is 7.57. The number of nitrogens with one attached hydrogen (secondary N) is 1. The molecule has 148 valence electrons. The fourth-order valence-corrected chi connectivity index (χ4v) is 4.92. The lowest BCUT2D eigenvalue weighted by atomic mass is 9.79. The van der Waals surface area contributed by atoms with Gasteiger partial charge in [0.2, 0.25) is 5.91 Å². The van der Waals surface area contributed by atoms with Crippen molar-refractivity contribution in [3.63, 3.8) is 0 Å². The van der Waals surface area contributed by atoms with Crippen LogP contribution in [0.15, 0.2) is 30.5 Å². The summed E-state index contributed by atoms with van der Waals surface area (Å²) >= 11 is 6.17. The van der Waals surface area contributed by atoms with Crippen LogP contribution in [0.5, 0.6) is 5.75 Å². The third kappa shape index (κ3) is 3.07. The van der Waals surface area contributed by atoms with E-state index in [9.17, 15) is 4.79 Å². The van der Waals surface area contributed by atoms with Gasteiger partial charge in [-0.25, -0.2) is 0 Å². The Labute approximate surface area is 168 Å². The third-order valence-corrected chi connectivity index (χ3v) is 6.35. The molecule has 5 rings (SSSR count). The molecule has 3 aliphatic rings. The number of rotatable bonds is 3. The van der Waals surface area contributed by atoms with Crippen LogP contribution in [0.4, 0.5) is 0 Å². The number of amides is 1. The van der Waals surface area contributed by atoms with Gasteiger partial charge in [0.25, 0.3) is 0 Å². The van der Waals surface area contributed by atoms with Gasteiger partial charge in [-0.05, 0) is 24.3 Å². The number of benzene rings is 1. The second kappa shape index (κ2) is 7.06. The fourth-order valence-electron chi connectivity index (χ4n) is 4.73. The molecule has 1 N–H and O–H groups in total. The van der Waals surface area contributed by atoms with E-state index in [0.29, 0.717) is 44.5 Å². The molecule has 28 heavy (non-hydrogen) atoms. The highest BCUT2D eigenvalue weighted by Gasteiger charge is 2.57. The highest BCUT2D eigenvalue weighted by molar-refractivity contribution is 6.30. The van der Waals surface area contributed by atoms with Crippen molar-refractivity contribution < 1.29 is 14.3 Å². The Morgan fingerprint density at radius 2 is 2.32 bits per heavy atom. The molecule has 0 bridgehead atoms. The van der Waals surface area contributed by atoms with Crippen LogP contribution in [-0.2, 0) is 22.6 Å². The Hall–Kier alpha value is -2.09. The van der Waals surface area contributed by atoms with Crippen molar-refractivity contribution in [3.8, 4) is 5.75 Å². The number of hydrogen-bond acceptors (Lipinski definition) is 5. The Bertz CT molecular complexity index is 874. The van der Waals surface area contributed by atoms with E-state index in [1.54, 1.807) is 6.20 Å². The summed E-state index contributed by atoms with van der Waals surface area (Å²) in [6.07, 6.45) is 1.76. The monoisotopic (exact) mass is 402 g/mol. The molecule has 7 nitrogen and oxygen atoms in total. The van der Waals surface area contributed by atoms with Crippen molar-refractivity contribution in [2.24, 2.45) is 11.3 Å². The van der Waals surface area contributed by atoms with Gasteiger partial charge >= 0.3 is 0 Å². The molecule has 2 fully saturated rings. The number of carbonyl (C=O) groups excluding carboxylic acids is 1. The lowest BCUT2D eigenvalue weighted by Gasteiger charge is -2.32. The fraction of sp³-hybridized carbons (Fsp3) is 0.500. The first-order valence-electron chi connectivity index (χ1n) is 9.63. The molecule has 0 radical (unpaired) electrons. The zero-order chi connectivity index (χ0) is 19.1. The van der Waals surface area contributed by atoms with Crippen molar-refractivity contribution in [1.82, 2.24) is 20.0 Å². The minimum absolute atomic E-state index is 0.165. The van der Waals surface area contributed by atoms with Crippen LogP contribution in [-0.4, -0.2) is 65.4 Å². The number of halogens is 1. The van der Waals surface area contributed by atoms with Crippen molar-refractivity contribution in [2.45, 2.75) is 13.1 Å². The Kier molecular flexibility index (Phi) is 4.53.